The molecule has 1 aliphatic heterocycles. The number of hydrogen-bond donors (Lipinski definition) is 1. The summed E-state index contributed by atoms with van der Waals surface area (Å²) in [6, 6.07) is 4.59. The molecule has 3 rings (SSSR count). The molecule has 0 radical (unpaired) electrons. The largest absolute Gasteiger partial charge is 0.497 e. The zero-order chi connectivity index (χ0) is 17.6. The van der Waals surface area contributed by atoms with Gasteiger partial charge in [-0.25, -0.2) is 4.39 Å². The third kappa shape index (κ3) is 2.77. The summed E-state index contributed by atoms with van der Waals surface area (Å²) in [6.45, 7) is 6.24. The van der Waals surface area contributed by atoms with E-state index in [1.807, 2.05) is 7.05 Å². The van der Waals surface area contributed by atoms with Crippen LogP contribution in [0, 0.1) is 5.82 Å². The third-order valence-corrected chi connectivity index (χ3v) is 4.32. The number of ether oxygens (including phenoxy) is 1. The fourth-order valence-electron chi connectivity index (χ4n) is 3.23. The van der Waals surface area contributed by atoms with Gasteiger partial charge in [-0.15, -0.1) is 0 Å². The molecule has 2 aromatic rings. The van der Waals surface area contributed by atoms with E-state index in [2.05, 4.69) is 31.2 Å². The lowest BCUT2D eigenvalue weighted by atomic mass is 9.79. The Kier molecular flexibility index (Phi) is 3.86. The number of fused-ring (bicyclic) bond motifs is 1. The van der Waals surface area contributed by atoms with Crippen molar-refractivity contribution in [3.63, 3.8) is 0 Å². The van der Waals surface area contributed by atoms with Crippen LogP contribution in [0.4, 0.5) is 10.2 Å². The molecule has 0 fully saturated rings. The molecular formula is C18H22FN3O2. The normalized spacial score (nSPS) is 17.4. The van der Waals surface area contributed by atoms with E-state index in [9.17, 15) is 9.18 Å². The van der Waals surface area contributed by atoms with Crippen LogP contribution in [-0.2, 0) is 17.3 Å². The van der Waals surface area contributed by atoms with Gasteiger partial charge in [0.25, 0.3) is 0 Å². The minimum atomic E-state index is -0.377. The van der Waals surface area contributed by atoms with Gasteiger partial charge in [0.2, 0.25) is 5.91 Å². The van der Waals surface area contributed by atoms with E-state index in [4.69, 9.17) is 4.74 Å². The Morgan fingerprint density at radius 3 is 2.67 bits per heavy atom. The molecule has 1 N–H and O–H groups in total. The Balaban J connectivity index is 2.22. The molecule has 0 spiro atoms. The van der Waals surface area contributed by atoms with Gasteiger partial charge in [0.1, 0.15) is 17.4 Å². The van der Waals surface area contributed by atoms with Crippen molar-refractivity contribution in [2.75, 3.05) is 12.4 Å². The summed E-state index contributed by atoms with van der Waals surface area (Å²) in [6.07, 6.45) is 0.258. The van der Waals surface area contributed by atoms with Gasteiger partial charge in [0, 0.05) is 36.4 Å². The SMILES string of the molecule is COc1cc(F)cc(C2CC(=O)Nc3c2c(C(C)(C)C)nn3C)c1. The van der Waals surface area contributed by atoms with Crippen LogP contribution in [0.15, 0.2) is 18.2 Å². The van der Waals surface area contributed by atoms with Gasteiger partial charge in [-0.2, -0.15) is 5.10 Å². The second-order valence-electron chi connectivity index (χ2n) is 7.21. The Labute approximate surface area is 140 Å². The van der Waals surface area contributed by atoms with Crippen LogP contribution in [0.2, 0.25) is 0 Å². The Bertz CT molecular complexity index is 805. The number of nitrogens with zero attached hydrogens (tertiary/aromatic N) is 2. The van der Waals surface area contributed by atoms with E-state index in [1.54, 1.807) is 10.7 Å². The van der Waals surface area contributed by atoms with E-state index in [0.29, 0.717) is 11.6 Å². The quantitative estimate of drug-likeness (QED) is 0.918. The smallest absolute Gasteiger partial charge is 0.226 e. The maximum atomic E-state index is 14.0. The first-order valence-electron chi connectivity index (χ1n) is 7.92. The second-order valence-corrected chi connectivity index (χ2v) is 7.21. The molecule has 1 unspecified atom stereocenters. The minimum Gasteiger partial charge on any atom is -0.497 e. The molecule has 0 bridgehead atoms. The van der Waals surface area contributed by atoms with Gasteiger partial charge in [-0.3, -0.25) is 9.48 Å². The molecule has 0 aliphatic carbocycles. The highest BCUT2D eigenvalue weighted by atomic mass is 19.1. The highest BCUT2D eigenvalue weighted by molar-refractivity contribution is 5.94. The number of carbonyl (C=O) groups is 1. The molecule has 2 heterocycles. The van der Waals surface area contributed by atoms with Crippen LogP contribution in [0.25, 0.3) is 0 Å². The number of aryl methyl sites for hydroxylation is 1. The molecule has 1 aliphatic rings. The van der Waals surface area contributed by atoms with Crippen LogP contribution in [0.5, 0.6) is 5.75 Å². The number of amides is 1. The average molecular weight is 331 g/mol. The first kappa shape index (κ1) is 16.5. The molecule has 0 saturated heterocycles. The molecule has 1 aromatic carbocycles. The summed E-state index contributed by atoms with van der Waals surface area (Å²) in [5.41, 5.74) is 2.40. The zero-order valence-electron chi connectivity index (χ0n) is 14.6. The minimum absolute atomic E-state index is 0.0980. The van der Waals surface area contributed by atoms with Crippen molar-refractivity contribution < 1.29 is 13.9 Å². The highest BCUT2D eigenvalue weighted by Gasteiger charge is 2.36. The fraction of sp³-hybridized carbons (Fsp3) is 0.444. The zero-order valence-corrected chi connectivity index (χ0v) is 14.6. The fourth-order valence-corrected chi connectivity index (χ4v) is 3.23. The summed E-state index contributed by atoms with van der Waals surface area (Å²) in [7, 11) is 3.31. The van der Waals surface area contributed by atoms with Gasteiger partial charge < -0.3 is 10.1 Å². The van der Waals surface area contributed by atoms with Crippen molar-refractivity contribution in [3.05, 3.63) is 40.8 Å². The predicted octanol–water partition coefficient (Wildman–Crippen LogP) is 3.34. The number of hydrogen-bond acceptors (Lipinski definition) is 3. The number of aromatic nitrogens is 2. The average Bonchev–Trinajstić information content (AvgIpc) is 2.83. The first-order valence-corrected chi connectivity index (χ1v) is 7.92. The maximum absolute atomic E-state index is 14.0. The van der Waals surface area contributed by atoms with Crippen LogP contribution in [0.3, 0.4) is 0 Å². The van der Waals surface area contributed by atoms with Gasteiger partial charge in [0.15, 0.2) is 0 Å². The molecule has 1 amide bonds. The van der Waals surface area contributed by atoms with Gasteiger partial charge in [0.05, 0.1) is 12.8 Å². The van der Waals surface area contributed by atoms with Crippen molar-refractivity contribution in [1.82, 2.24) is 9.78 Å². The summed E-state index contributed by atoms with van der Waals surface area (Å²) in [5.74, 6) is 0.404. The number of benzene rings is 1. The van der Waals surface area contributed by atoms with Gasteiger partial charge >= 0.3 is 0 Å². The van der Waals surface area contributed by atoms with Crippen LogP contribution in [0.1, 0.15) is 49.9 Å². The van der Waals surface area contributed by atoms with Gasteiger partial charge in [-0.05, 0) is 17.7 Å². The number of halogens is 1. The first-order chi connectivity index (χ1) is 11.2. The molecule has 1 aromatic heterocycles. The molecule has 6 heteroatoms. The molecule has 24 heavy (non-hydrogen) atoms. The molecule has 1 atom stereocenters. The lowest BCUT2D eigenvalue weighted by Crippen LogP contribution is -2.26. The summed E-state index contributed by atoms with van der Waals surface area (Å²) in [4.78, 5) is 12.2. The van der Waals surface area contributed by atoms with Crippen LogP contribution < -0.4 is 10.1 Å². The van der Waals surface area contributed by atoms with E-state index in [-0.39, 0.29) is 29.5 Å². The van der Waals surface area contributed by atoms with E-state index >= 15 is 0 Å². The lowest BCUT2D eigenvalue weighted by molar-refractivity contribution is -0.116. The van der Waals surface area contributed by atoms with Gasteiger partial charge in [-0.1, -0.05) is 20.8 Å². The summed E-state index contributed by atoms with van der Waals surface area (Å²) >= 11 is 0. The standard InChI is InChI=1S/C18H22FN3O2/c1-18(2,3)16-15-13(9-14(23)20-17(15)22(4)21-16)10-6-11(19)8-12(7-10)24-5/h6-8,13H,9H2,1-5H3,(H,20,23). The molecule has 0 saturated carbocycles. The second kappa shape index (κ2) is 5.61. The topological polar surface area (TPSA) is 56.1 Å². The maximum Gasteiger partial charge on any atom is 0.226 e. The Hall–Kier alpha value is -2.37. The van der Waals surface area contributed by atoms with Crippen molar-refractivity contribution in [3.8, 4) is 5.75 Å². The number of carbonyl (C=O) groups excluding carboxylic acids is 1. The number of rotatable bonds is 2. The Morgan fingerprint density at radius 1 is 1.33 bits per heavy atom. The Morgan fingerprint density at radius 2 is 2.04 bits per heavy atom. The number of methoxy groups -OCH3 is 1. The predicted molar refractivity (Wildman–Crippen MR) is 89.9 cm³/mol. The van der Waals surface area contributed by atoms with E-state index in [1.165, 1.54) is 19.2 Å². The van der Waals surface area contributed by atoms with Crippen molar-refractivity contribution in [2.45, 2.75) is 38.5 Å². The molecule has 5 nitrogen and oxygen atoms in total. The molecular weight excluding hydrogens is 309 g/mol. The number of nitrogens with one attached hydrogen (secondary N) is 1. The van der Waals surface area contributed by atoms with Crippen molar-refractivity contribution >= 4 is 11.7 Å². The molecule has 128 valence electrons. The van der Waals surface area contributed by atoms with Crippen LogP contribution >= 0.6 is 0 Å². The lowest BCUT2D eigenvalue weighted by Gasteiger charge is -2.27. The highest BCUT2D eigenvalue weighted by Crippen LogP contribution is 2.43. The van der Waals surface area contributed by atoms with Crippen LogP contribution in [-0.4, -0.2) is 22.8 Å². The van der Waals surface area contributed by atoms with Crippen molar-refractivity contribution in [1.29, 1.82) is 0 Å². The van der Waals surface area contributed by atoms with E-state index in [0.717, 1.165) is 16.8 Å². The van der Waals surface area contributed by atoms with Crippen molar-refractivity contribution in [2.24, 2.45) is 7.05 Å². The van der Waals surface area contributed by atoms with E-state index < -0.39 is 0 Å². The summed E-state index contributed by atoms with van der Waals surface area (Å²) < 4.78 is 20.9. The third-order valence-electron chi connectivity index (χ3n) is 4.32. The monoisotopic (exact) mass is 331 g/mol. The summed E-state index contributed by atoms with van der Waals surface area (Å²) in [5, 5.41) is 7.52. The number of anilines is 1.